The van der Waals surface area contributed by atoms with Gasteiger partial charge in [-0.1, -0.05) is 6.92 Å². The van der Waals surface area contributed by atoms with E-state index in [0.717, 1.165) is 0 Å². The van der Waals surface area contributed by atoms with Gasteiger partial charge in [-0.25, -0.2) is 4.79 Å². The lowest BCUT2D eigenvalue weighted by Crippen LogP contribution is -2.32. The second-order valence-electron chi connectivity index (χ2n) is 3.68. The van der Waals surface area contributed by atoms with Gasteiger partial charge >= 0.3 is 6.16 Å². The molecule has 2 fully saturated rings. The lowest BCUT2D eigenvalue weighted by Gasteiger charge is -2.15. The Kier molecular flexibility index (Phi) is 2.60. The molecular weight excluding hydrogens is 188 g/mol. The van der Waals surface area contributed by atoms with Crippen molar-refractivity contribution in [1.29, 1.82) is 0 Å². The van der Waals surface area contributed by atoms with Gasteiger partial charge in [0.25, 0.3) is 0 Å². The number of carbonyl (C=O) groups is 1. The van der Waals surface area contributed by atoms with Crippen molar-refractivity contribution in [3.05, 3.63) is 0 Å². The molecule has 2 saturated heterocycles. The monoisotopic (exact) mass is 202 g/mol. The van der Waals surface area contributed by atoms with Gasteiger partial charge < -0.3 is 18.9 Å². The van der Waals surface area contributed by atoms with Gasteiger partial charge in [0.05, 0.1) is 26.4 Å². The third kappa shape index (κ3) is 1.57. The Morgan fingerprint density at radius 3 is 2.71 bits per heavy atom. The van der Waals surface area contributed by atoms with E-state index in [9.17, 15) is 4.79 Å². The molecule has 0 bridgehead atoms. The molecule has 5 heteroatoms. The third-order valence-corrected chi connectivity index (χ3v) is 2.67. The van der Waals surface area contributed by atoms with Gasteiger partial charge in [-0.15, -0.1) is 0 Å². The molecule has 2 heterocycles. The fourth-order valence-corrected chi connectivity index (χ4v) is 1.93. The standard InChI is InChI=1S/C9H14O5/c1-5-3-12-8-6(4-13-7(5)8)14-9(10)11-2/h5-8H,3-4H2,1-2H3/t5?,6?,7-,8-/m1/s1. The zero-order valence-electron chi connectivity index (χ0n) is 8.26. The average molecular weight is 202 g/mol. The number of hydrogen-bond acceptors (Lipinski definition) is 5. The first-order chi connectivity index (χ1) is 6.72. The van der Waals surface area contributed by atoms with E-state index in [2.05, 4.69) is 11.7 Å². The van der Waals surface area contributed by atoms with Gasteiger partial charge in [0.15, 0.2) is 6.10 Å². The van der Waals surface area contributed by atoms with E-state index in [4.69, 9.17) is 14.2 Å². The van der Waals surface area contributed by atoms with Crippen LogP contribution in [0, 0.1) is 5.92 Å². The highest BCUT2D eigenvalue weighted by Gasteiger charge is 2.47. The van der Waals surface area contributed by atoms with Crippen LogP contribution >= 0.6 is 0 Å². The minimum atomic E-state index is -0.678. The van der Waals surface area contributed by atoms with Crippen molar-refractivity contribution in [3.8, 4) is 0 Å². The fraction of sp³-hybridized carbons (Fsp3) is 0.889. The summed E-state index contributed by atoms with van der Waals surface area (Å²) in [7, 11) is 1.29. The Labute approximate surface area is 82.3 Å². The summed E-state index contributed by atoms with van der Waals surface area (Å²) in [6.45, 7) is 3.12. The fourth-order valence-electron chi connectivity index (χ4n) is 1.93. The number of methoxy groups -OCH3 is 1. The van der Waals surface area contributed by atoms with E-state index >= 15 is 0 Å². The first kappa shape index (κ1) is 9.73. The maximum Gasteiger partial charge on any atom is 0.508 e. The normalized spacial score (nSPS) is 40.7. The van der Waals surface area contributed by atoms with E-state index in [-0.39, 0.29) is 18.3 Å². The Bertz CT molecular complexity index is 229. The van der Waals surface area contributed by atoms with Crippen LogP contribution in [0.1, 0.15) is 6.92 Å². The maximum atomic E-state index is 10.9. The van der Waals surface area contributed by atoms with Crippen LogP contribution in [-0.4, -0.2) is 44.8 Å². The van der Waals surface area contributed by atoms with Crippen molar-refractivity contribution in [1.82, 2.24) is 0 Å². The van der Waals surface area contributed by atoms with Crippen LogP contribution in [0.5, 0.6) is 0 Å². The summed E-state index contributed by atoms with van der Waals surface area (Å²) in [5.41, 5.74) is 0. The van der Waals surface area contributed by atoms with Crippen LogP contribution in [0.3, 0.4) is 0 Å². The van der Waals surface area contributed by atoms with Crippen molar-refractivity contribution in [2.45, 2.75) is 25.2 Å². The molecule has 0 N–H and O–H groups in total. The van der Waals surface area contributed by atoms with Crippen LogP contribution in [0.15, 0.2) is 0 Å². The number of fused-ring (bicyclic) bond motifs is 1. The van der Waals surface area contributed by atoms with Gasteiger partial charge in [-0.05, 0) is 0 Å². The van der Waals surface area contributed by atoms with Crippen molar-refractivity contribution >= 4 is 6.16 Å². The van der Waals surface area contributed by atoms with Crippen LogP contribution in [-0.2, 0) is 18.9 Å². The first-order valence-electron chi connectivity index (χ1n) is 4.70. The number of hydrogen-bond donors (Lipinski definition) is 0. The molecule has 0 aromatic heterocycles. The summed E-state index contributed by atoms with van der Waals surface area (Å²) >= 11 is 0. The van der Waals surface area contributed by atoms with E-state index in [1.807, 2.05) is 0 Å². The number of ether oxygens (including phenoxy) is 4. The third-order valence-electron chi connectivity index (χ3n) is 2.67. The average Bonchev–Trinajstić information content (AvgIpc) is 2.72. The molecule has 0 radical (unpaired) electrons. The summed E-state index contributed by atoms with van der Waals surface area (Å²) in [5, 5.41) is 0. The van der Waals surface area contributed by atoms with Crippen molar-refractivity contribution < 1.29 is 23.7 Å². The Hall–Kier alpha value is -0.810. The maximum absolute atomic E-state index is 10.9. The van der Waals surface area contributed by atoms with Gasteiger partial charge in [0.2, 0.25) is 0 Å². The molecule has 0 aromatic rings. The zero-order valence-corrected chi connectivity index (χ0v) is 8.26. The molecule has 0 aromatic carbocycles. The molecule has 0 spiro atoms. The Morgan fingerprint density at radius 1 is 1.29 bits per heavy atom. The predicted molar refractivity (Wildman–Crippen MR) is 45.9 cm³/mol. The van der Waals surface area contributed by atoms with Gasteiger partial charge in [0, 0.05) is 5.92 Å². The number of rotatable bonds is 1. The quantitative estimate of drug-likeness (QED) is 0.582. The Morgan fingerprint density at radius 2 is 2.00 bits per heavy atom. The molecule has 0 saturated carbocycles. The highest BCUT2D eigenvalue weighted by Crippen LogP contribution is 2.32. The summed E-state index contributed by atoms with van der Waals surface area (Å²) < 4.78 is 20.4. The lowest BCUT2D eigenvalue weighted by atomic mass is 10.0. The highest BCUT2D eigenvalue weighted by molar-refractivity contribution is 5.60. The Balaban J connectivity index is 1.93. The highest BCUT2D eigenvalue weighted by atomic mass is 16.7. The molecule has 2 rings (SSSR count). The lowest BCUT2D eigenvalue weighted by molar-refractivity contribution is -0.0219. The minimum absolute atomic E-state index is 0.0599. The molecule has 5 nitrogen and oxygen atoms in total. The zero-order chi connectivity index (χ0) is 10.1. The van der Waals surface area contributed by atoms with E-state index in [1.165, 1.54) is 7.11 Å². The summed E-state index contributed by atoms with van der Waals surface area (Å²) in [6.07, 6.45) is -1.06. The van der Waals surface area contributed by atoms with Crippen molar-refractivity contribution in [2.24, 2.45) is 5.92 Å². The van der Waals surface area contributed by atoms with Crippen LogP contribution in [0.2, 0.25) is 0 Å². The molecule has 2 unspecified atom stereocenters. The molecule has 2 aliphatic heterocycles. The smallest absolute Gasteiger partial charge is 0.438 e. The topological polar surface area (TPSA) is 54.0 Å². The van der Waals surface area contributed by atoms with Gasteiger partial charge in [-0.3, -0.25) is 0 Å². The number of carbonyl (C=O) groups excluding carboxylic acids is 1. The SMILES string of the molecule is COC(=O)OC1CO[C@@H]2C(C)CO[C@H]12. The second kappa shape index (κ2) is 3.74. The summed E-state index contributed by atoms with van der Waals surface area (Å²) in [6, 6.07) is 0. The van der Waals surface area contributed by atoms with Crippen LogP contribution < -0.4 is 0 Å². The molecule has 80 valence electrons. The molecule has 14 heavy (non-hydrogen) atoms. The summed E-state index contributed by atoms with van der Waals surface area (Å²) in [5.74, 6) is 0.367. The van der Waals surface area contributed by atoms with Crippen LogP contribution in [0.25, 0.3) is 0 Å². The largest absolute Gasteiger partial charge is 0.508 e. The van der Waals surface area contributed by atoms with Gasteiger partial charge in [-0.2, -0.15) is 0 Å². The summed E-state index contributed by atoms with van der Waals surface area (Å²) in [4.78, 5) is 10.9. The van der Waals surface area contributed by atoms with E-state index in [1.54, 1.807) is 0 Å². The molecule has 0 amide bonds. The molecule has 2 aliphatic rings. The molecule has 4 atom stereocenters. The van der Waals surface area contributed by atoms with Crippen molar-refractivity contribution in [3.63, 3.8) is 0 Å². The predicted octanol–water partition coefficient (Wildman–Crippen LogP) is 0.572. The van der Waals surface area contributed by atoms with Crippen LogP contribution in [0.4, 0.5) is 4.79 Å². The molecule has 0 aliphatic carbocycles. The van der Waals surface area contributed by atoms with E-state index < -0.39 is 6.16 Å². The van der Waals surface area contributed by atoms with Crippen molar-refractivity contribution in [2.75, 3.05) is 20.3 Å². The van der Waals surface area contributed by atoms with E-state index in [0.29, 0.717) is 19.1 Å². The second-order valence-corrected chi connectivity index (χ2v) is 3.68. The minimum Gasteiger partial charge on any atom is -0.438 e. The molecular formula is C9H14O5. The van der Waals surface area contributed by atoms with Gasteiger partial charge in [0.1, 0.15) is 6.10 Å². The first-order valence-corrected chi connectivity index (χ1v) is 4.70.